The molecular formula is C16H19N3O2. The molecule has 0 saturated carbocycles. The monoisotopic (exact) mass is 285 g/mol. The van der Waals surface area contributed by atoms with Gasteiger partial charge < -0.3 is 15.3 Å². The van der Waals surface area contributed by atoms with E-state index in [0.717, 1.165) is 16.9 Å². The zero-order chi connectivity index (χ0) is 15.2. The molecule has 1 aromatic heterocycles. The summed E-state index contributed by atoms with van der Waals surface area (Å²) in [5.74, 6) is 0.658. The van der Waals surface area contributed by atoms with E-state index in [1.807, 2.05) is 24.3 Å². The van der Waals surface area contributed by atoms with Gasteiger partial charge in [-0.3, -0.25) is 4.79 Å². The van der Waals surface area contributed by atoms with Crippen molar-refractivity contribution in [1.82, 2.24) is 9.88 Å². The summed E-state index contributed by atoms with van der Waals surface area (Å²) in [6.07, 6.45) is 1.57. The van der Waals surface area contributed by atoms with Gasteiger partial charge in [0.2, 0.25) is 0 Å². The summed E-state index contributed by atoms with van der Waals surface area (Å²) in [6, 6.07) is 11.3. The number of carbonyl (C=O) groups excluding carboxylic acids is 1. The number of aliphatic hydroxyl groups is 1. The number of rotatable bonds is 5. The summed E-state index contributed by atoms with van der Waals surface area (Å²) in [7, 11) is 3.43. The van der Waals surface area contributed by atoms with Gasteiger partial charge in [-0.05, 0) is 23.3 Å². The molecule has 2 rings (SSSR count). The Hall–Kier alpha value is -2.40. The highest BCUT2D eigenvalue weighted by Crippen LogP contribution is 2.10. The van der Waals surface area contributed by atoms with E-state index in [1.54, 1.807) is 32.4 Å². The number of amides is 1. The van der Waals surface area contributed by atoms with Crippen molar-refractivity contribution >= 4 is 11.7 Å². The third kappa shape index (κ3) is 4.03. The molecule has 0 fully saturated rings. The van der Waals surface area contributed by atoms with E-state index in [9.17, 15) is 4.79 Å². The standard InChI is InChI=1S/C16H19N3O2/c1-19(2)16(21)14-7-8-15(18-10-14)17-9-12-3-5-13(11-20)6-4-12/h3-8,10,20H,9,11H2,1-2H3,(H,17,18). The average molecular weight is 285 g/mol. The Kier molecular flexibility index (Phi) is 4.90. The number of nitrogens with one attached hydrogen (secondary N) is 1. The summed E-state index contributed by atoms with van der Waals surface area (Å²) in [5, 5.41) is 12.2. The van der Waals surface area contributed by atoms with Crippen LogP contribution in [-0.2, 0) is 13.2 Å². The van der Waals surface area contributed by atoms with Crippen LogP contribution in [0.25, 0.3) is 0 Å². The molecule has 110 valence electrons. The Morgan fingerprint density at radius 2 is 1.81 bits per heavy atom. The Morgan fingerprint density at radius 1 is 1.14 bits per heavy atom. The van der Waals surface area contributed by atoms with Gasteiger partial charge >= 0.3 is 0 Å². The SMILES string of the molecule is CN(C)C(=O)c1ccc(NCc2ccc(CO)cc2)nc1. The van der Waals surface area contributed by atoms with Gasteiger partial charge in [0.25, 0.3) is 5.91 Å². The molecule has 0 spiro atoms. The molecule has 2 aromatic rings. The Bertz CT molecular complexity index is 592. The number of nitrogens with zero attached hydrogens (tertiary/aromatic N) is 2. The molecule has 0 saturated heterocycles. The Labute approximate surface area is 124 Å². The number of anilines is 1. The molecule has 5 nitrogen and oxygen atoms in total. The van der Waals surface area contributed by atoms with Crippen molar-refractivity contribution in [2.75, 3.05) is 19.4 Å². The van der Waals surface area contributed by atoms with Crippen LogP contribution in [0.4, 0.5) is 5.82 Å². The van der Waals surface area contributed by atoms with Crippen molar-refractivity contribution in [3.05, 3.63) is 59.3 Å². The predicted molar refractivity (Wildman–Crippen MR) is 81.9 cm³/mol. The first-order valence-electron chi connectivity index (χ1n) is 6.70. The lowest BCUT2D eigenvalue weighted by atomic mass is 10.1. The molecule has 0 bridgehead atoms. The van der Waals surface area contributed by atoms with Gasteiger partial charge in [0, 0.05) is 26.8 Å². The molecule has 0 aliphatic heterocycles. The van der Waals surface area contributed by atoms with E-state index >= 15 is 0 Å². The molecule has 0 radical (unpaired) electrons. The molecule has 5 heteroatoms. The average Bonchev–Trinajstić information content (AvgIpc) is 2.53. The topological polar surface area (TPSA) is 65.5 Å². The second kappa shape index (κ2) is 6.85. The Balaban J connectivity index is 1.95. The Morgan fingerprint density at radius 3 is 2.33 bits per heavy atom. The van der Waals surface area contributed by atoms with Gasteiger partial charge in [0.1, 0.15) is 5.82 Å². The summed E-state index contributed by atoms with van der Waals surface area (Å²) >= 11 is 0. The number of carbonyl (C=O) groups is 1. The number of aromatic nitrogens is 1. The van der Waals surface area contributed by atoms with Crippen LogP contribution in [0.2, 0.25) is 0 Å². The second-order valence-corrected chi connectivity index (χ2v) is 4.96. The van der Waals surface area contributed by atoms with Gasteiger partial charge in [-0.1, -0.05) is 24.3 Å². The molecule has 0 unspecified atom stereocenters. The van der Waals surface area contributed by atoms with Gasteiger partial charge in [-0.15, -0.1) is 0 Å². The van der Waals surface area contributed by atoms with Crippen LogP contribution in [0.3, 0.4) is 0 Å². The van der Waals surface area contributed by atoms with Gasteiger partial charge in [0.15, 0.2) is 0 Å². The fourth-order valence-electron chi connectivity index (χ4n) is 1.84. The van der Waals surface area contributed by atoms with Crippen LogP contribution < -0.4 is 5.32 Å². The molecule has 1 heterocycles. The van der Waals surface area contributed by atoms with Crippen LogP contribution >= 0.6 is 0 Å². The third-order valence-electron chi connectivity index (χ3n) is 3.10. The van der Waals surface area contributed by atoms with E-state index in [4.69, 9.17) is 5.11 Å². The molecule has 0 atom stereocenters. The number of aliphatic hydroxyl groups excluding tert-OH is 1. The van der Waals surface area contributed by atoms with Crippen LogP contribution in [0.15, 0.2) is 42.6 Å². The molecule has 1 aromatic carbocycles. The fraction of sp³-hybridized carbons (Fsp3) is 0.250. The summed E-state index contributed by atoms with van der Waals surface area (Å²) in [6.45, 7) is 0.691. The number of hydrogen-bond acceptors (Lipinski definition) is 4. The predicted octanol–water partition coefficient (Wildman–Crippen LogP) is 1.89. The third-order valence-corrected chi connectivity index (χ3v) is 3.10. The van der Waals surface area contributed by atoms with Crippen molar-refractivity contribution in [3.8, 4) is 0 Å². The van der Waals surface area contributed by atoms with E-state index in [-0.39, 0.29) is 12.5 Å². The minimum absolute atomic E-state index is 0.0522. The highest BCUT2D eigenvalue weighted by atomic mass is 16.3. The lowest BCUT2D eigenvalue weighted by Crippen LogP contribution is -2.21. The lowest BCUT2D eigenvalue weighted by Gasteiger charge is -2.11. The van der Waals surface area contributed by atoms with Crippen molar-refractivity contribution in [1.29, 1.82) is 0 Å². The summed E-state index contributed by atoms with van der Waals surface area (Å²) < 4.78 is 0. The fourth-order valence-corrected chi connectivity index (χ4v) is 1.84. The highest BCUT2D eigenvalue weighted by Gasteiger charge is 2.07. The minimum atomic E-state index is -0.0614. The molecule has 0 aliphatic carbocycles. The first-order chi connectivity index (χ1) is 10.1. The van der Waals surface area contributed by atoms with E-state index < -0.39 is 0 Å². The van der Waals surface area contributed by atoms with Crippen LogP contribution in [0.5, 0.6) is 0 Å². The smallest absolute Gasteiger partial charge is 0.254 e. The lowest BCUT2D eigenvalue weighted by molar-refractivity contribution is 0.0827. The maximum absolute atomic E-state index is 11.7. The molecule has 0 aliphatic rings. The van der Waals surface area contributed by atoms with E-state index in [0.29, 0.717) is 12.1 Å². The molecule has 1 amide bonds. The first kappa shape index (κ1) is 15.0. The zero-order valence-corrected chi connectivity index (χ0v) is 12.2. The van der Waals surface area contributed by atoms with E-state index in [2.05, 4.69) is 10.3 Å². The van der Waals surface area contributed by atoms with Gasteiger partial charge in [0.05, 0.1) is 12.2 Å². The van der Waals surface area contributed by atoms with Crippen LogP contribution in [0, 0.1) is 0 Å². The maximum Gasteiger partial charge on any atom is 0.254 e. The normalized spacial score (nSPS) is 10.2. The molecule has 21 heavy (non-hydrogen) atoms. The molecular weight excluding hydrogens is 266 g/mol. The number of pyridine rings is 1. The maximum atomic E-state index is 11.7. The first-order valence-corrected chi connectivity index (χ1v) is 6.70. The van der Waals surface area contributed by atoms with Gasteiger partial charge in [-0.2, -0.15) is 0 Å². The minimum Gasteiger partial charge on any atom is -0.392 e. The van der Waals surface area contributed by atoms with Crippen LogP contribution in [-0.4, -0.2) is 35.0 Å². The van der Waals surface area contributed by atoms with Gasteiger partial charge in [-0.25, -0.2) is 4.98 Å². The number of hydrogen-bond donors (Lipinski definition) is 2. The second-order valence-electron chi connectivity index (χ2n) is 4.96. The highest BCUT2D eigenvalue weighted by molar-refractivity contribution is 5.93. The quantitative estimate of drug-likeness (QED) is 0.880. The zero-order valence-electron chi connectivity index (χ0n) is 12.2. The number of benzene rings is 1. The van der Waals surface area contributed by atoms with E-state index in [1.165, 1.54) is 4.90 Å². The van der Waals surface area contributed by atoms with Crippen molar-refractivity contribution in [2.45, 2.75) is 13.2 Å². The summed E-state index contributed by atoms with van der Waals surface area (Å²) in [5.41, 5.74) is 2.56. The largest absolute Gasteiger partial charge is 0.392 e. The summed E-state index contributed by atoms with van der Waals surface area (Å²) in [4.78, 5) is 17.5. The van der Waals surface area contributed by atoms with Crippen molar-refractivity contribution < 1.29 is 9.90 Å². The van der Waals surface area contributed by atoms with Crippen molar-refractivity contribution in [2.24, 2.45) is 0 Å². The van der Waals surface area contributed by atoms with Crippen molar-refractivity contribution in [3.63, 3.8) is 0 Å². The molecule has 2 N–H and O–H groups in total. The van der Waals surface area contributed by atoms with Crippen LogP contribution in [0.1, 0.15) is 21.5 Å².